The Hall–Kier alpha value is -0.0500. The van der Waals surface area contributed by atoms with E-state index >= 15 is 0 Å². The van der Waals surface area contributed by atoms with Crippen LogP contribution in [0.25, 0.3) is 0 Å². The van der Waals surface area contributed by atoms with Gasteiger partial charge in [0.1, 0.15) is 18.4 Å². The molecule has 2 aliphatic rings. The number of piperidine rings is 1. The zero-order valence-electron chi connectivity index (χ0n) is 9.55. The average Bonchev–Trinajstić information content (AvgIpc) is 3.03. The molecule has 1 saturated heterocycles. The van der Waals surface area contributed by atoms with Crippen LogP contribution in [0.2, 0.25) is 0 Å². The largest absolute Gasteiger partial charge is 0.389 e. The number of nitrogens with one attached hydrogen (secondary N) is 1. The van der Waals surface area contributed by atoms with Crippen molar-refractivity contribution in [1.29, 1.82) is 0 Å². The van der Waals surface area contributed by atoms with Gasteiger partial charge in [-0.05, 0) is 19.3 Å². The fourth-order valence-electron chi connectivity index (χ4n) is 2.39. The molecule has 3 unspecified atom stereocenters. The number of aliphatic hydroxyl groups excluding tert-OH is 4. The van der Waals surface area contributed by atoms with Crippen LogP contribution in [0.3, 0.4) is 0 Å². The topological polar surface area (TPSA) is 150 Å². The van der Waals surface area contributed by atoms with E-state index in [0.29, 0.717) is 12.8 Å². The normalized spacial score (nSPS) is 43.8. The monoisotopic (exact) mass is 283 g/mol. The number of aliphatic hydroxyl groups is 4. The molecule has 5 atom stereocenters. The van der Waals surface area contributed by atoms with Crippen molar-refractivity contribution in [2.24, 2.45) is 0 Å². The molecule has 0 spiro atoms. The molecule has 2 rings (SSSR count). The maximum atomic E-state index is 11.3. The van der Waals surface area contributed by atoms with E-state index in [1.807, 2.05) is 0 Å². The minimum absolute atomic E-state index is 0.0563. The highest BCUT2D eigenvalue weighted by Gasteiger charge is 2.59. The third kappa shape index (κ3) is 2.35. The average molecular weight is 283 g/mol. The van der Waals surface area contributed by atoms with Crippen molar-refractivity contribution in [2.45, 2.75) is 55.0 Å². The van der Waals surface area contributed by atoms with E-state index < -0.39 is 43.3 Å². The van der Waals surface area contributed by atoms with Crippen LogP contribution >= 0.6 is 7.60 Å². The molecule has 8 nitrogen and oxygen atoms in total. The van der Waals surface area contributed by atoms with E-state index in [-0.39, 0.29) is 6.42 Å². The molecular weight excluding hydrogens is 265 g/mol. The Labute approximate surface area is 103 Å². The predicted octanol–water partition coefficient (Wildman–Crippen LogP) is -2.54. The van der Waals surface area contributed by atoms with Crippen LogP contribution in [-0.2, 0) is 4.57 Å². The van der Waals surface area contributed by atoms with Crippen LogP contribution in [0.15, 0.2) is 0 Å². The summed E-state index contributed by atoms with van der Waals surface area (Å²) in [6.45, 7) is 0. The minimum atomic E-state index is -4.28. The maximum absolute atomic E-state index is 11.3. The van der Waals surface area contributed by atoms with Crippen molar-refractivity contribution in [2.75, 3.05) is 0 Å². The molecule has 0 aromatic carbocycles. The summed E-state index contributed by atoms with van der Waals surface area (Å²) in [5.41, 5.74) is 0. The van der Waals surface area contributed by atoms with E-state index in [2.05, 4.69) is 5.32 Å². The Kier molecular flexibility index (Phi) is 3.59. The van der Waals surface area contributed by atoms with E-state index in [4.69, 9.17) is 0 Å². The smallest absolute Gasteiger partial charge is 0.331 e. The summed E-state index contributed by atoms with van der Waals surface area (Å²) in [5.74, 6) is 0. The van der Waals surface area contributed by atoms with Crippen LogP contribution in [0.1, 0.15) is 19.3 Å². The van der Waals surface area contributed by atoms with Gasteiger partial charge in [0.15, 0.2) is 0 Å². The Morgan fingerprint density at radius 3 is 2.06 bits per heavy atom. The molecule has 2 fully saturated rings. The molecular formula is C9H18NO7P. The van der Waals surface area contributed by atoms with Crippen molar-refractivity contribution < 1.29 is 34.8 Å². The summed E-state index contributed by atoms with van der Waals surface area (Å²) in [7, 11) is -4.28. The first-order valence-electron chi connectivity index (χ1n) is 5.72. The summed E-state index contributed by atoms with van der Waals surface area (Å²) < 4.78 is 11.3. The van der Waals surface area contributed by atoms with Crippen molar-refractivity contribution in [1.82, 2.24) is 5.32 Å². The molecule has 7 N–H and O–H groups in total. The van der Waals surface area contributed by atoms with Crippen molar-refractivity contribution in [3.8, 4) is 0 Å². The molecule has 0 amide bonds. The summed E-state index contributed by atoms with van der Waals surface area (Å²) in [5, 5.41) is 39.3. The second kappa shape index (κ2) is 4.50. The van der Waals surface area contributed by atoms with Crippen molar-refractivity contribution in [3.05, 3.63) is 0 Å². The SMILES string of the molecule is O=P(O)(O)C1(CC2N[C@H](O)C(O)C(O)[C@@H]2O)CC1. The first kappa shape index (κ1) is 14.4. The van der Waals surface area contributed by atoms with Gasteiger partial charge in [-0.25, -0.2) is 0 Å². The van der Waals surface area contributed by atoms with Gasteiger partial charge < -0.3 is 30.2 Å². The predicted molar refractivity (Wildman–Crippen MR) is 59.6 cm³/mol. The van der Waals surface area contributed by atoms with Crippen LogP contribution in [0.5, 0.6) is 0 Å². The Morgan fingerprint density at radius 1 is 1.06 bits per heavy atom. The van der Waals surface area contributed by atoms with Crippen molar-refractivity contribution in [3.63, 3.8) is 0 Å². The highest BCUT2D eigenvalue weighted by Crippen LogP contribution is 2.67. The first-order chi connectivity index (χ1) is 8.18. The van der Waals surface area contributed by atoms with Gasteiger partial charge in [0.25, 0.3) is 0 Å². The third-order valence-electron chi connectivity index (χ3n) is 3.87. The van der Waals surface area contributed by atoms with Crippen LogP contribution < -0.4 is 5.32 Å². The first-order valence-corrected chi connectivity index (χ1v) is 7.33. The molecule has 1 heterocycles. The molecule has 106 valence electrons. The molecule has 1 aliphatic heterocycles. The molecule has 9 heteroatoms. The van der Waals surface area contributed by atoms with E-state index in [0.717, 1.165) is 0 Å². The van der Waals surface area contributed by atoms with E-state index in [9.17, 15) is 34.8 Å². The molecule has 0 aromatic rings. The lowest BCUT2D eigenvalue weighted by atomic mass is 9.91. The van der Waals surface area contributed by atoms with Gasteiger partial charge in [0, 0.05) is 6.04 Å². The fraction of sp³-hybridized carbons (Fsp3) is 1.00. The minimum Gasteiger partial charge on any atom is -0.389 e. The number of rotatable bonds is 3. The lowest BCUT2D eigenvalue weighted by Gasteiger charge is -2.40. The van der Waals surface area contributed by atoms with Crippen LogP contribution in [0.4, 0.5) is 0 Å². The lowest BCUT2D eigenvalue weighted by molar-refractivity contribution is -0.158. The third-order valence-corrected chi connectivity index (χ3v) is 5.73. The Bertz CT molecular complexity index is 368. The standard InChI is InChI=1S/C9H18NO7P/c11-5-4(10-8(14)7(13)6(5)12)3-9(1-2-9)18(15,16)17/h4-8,10-14H,1-3H2,(H2,15,16,17)/t4?,5-,6?,7?,8-/m1/s1. The van der Waals surface area contributed by atoms with Gasteiger partial charge in [-0.2, -0.15) is 0 Å². The quantitative estimate of drug-likeness (QED) is 0.280. The van der Waals surface area contributed by atoms with Crippen LogP contribution in [0, 0.1) is 0 Å². The molecule has 1 saturated carbocycles. The number of hydrogen-bond acceptors (Lipinski definition) is 6. The zero-order chi connectivity index (χ0) is 13.7. The van der Waals surface area contributed by atoms with Crippen LogP contribution in [-0.4, -0.2) is 66.0 Å². The fourth-order valence-corrected chi connectivity index (χ4v) is 3.52. The lowest BCUT2D eigenvalue weighted by Crippen LogP contribution is -2.65. The Morgan fingerprint density at radius 2 is 1.61 bits per heavy atom. The van der Waals surface area contributed by atoms with E-state index in [1.54, 1.807) is 0 Å². The summed E-state index contributed by atoms with van der Waals surface area (Å²) >= 11 is 0. The Balaban J connectivity index is 2.08. The molecule has 18 heavy (non-hydrogen) atoms. The van der Waals surface area contributed by atoms with Gasteiger partial charge in [-0.3, -0.25) is 9.88 Å². The summed E-state index contributed by atoms with van der Waals surface area (Å²) in [6.07, 6.45) is -5.25. The van der Waals surface area contributed by atoms with E-state index in [1.165, 1.54) is 0 Å². The molecule has 1 aliphatic carbocycles. The summed E-state index contributed by atoms with van der Waals surface area (Å²) in [6, 6.07) is -0.867. The highest BCUT2D eigenvalue weighted by atomic mass is 31.2. The van der Waals surface area contributed by atoms with Gasteiger partial charge in [0.2, 0.25) is 0 Å². The second-order valence-corrected chi connectivity index (χ2v) is 7.20. The van der Waals surface area contributed by atoms with Gasteiger partial charge in [-0.15, -0.1) is 0 Å². The maximum Gasteiger partial charge on any atom is 0.331 e. The second-order valence-electron chi connectivity index (χ2n) is 5.16. The zero-order valence-corrected chi connectivity index (χ0v) is 10.4. The van der Waals surface area contributed by atoms with Gasteiger partial charge in [0.05, 0.1) is 11.3 Å². The molecule has 0 radical (unpaired) electrons. The van der Waals surface area contributed by atoms with Gasteiger partial charge in [-0.1, -0.05) is 0 Å². The summed E-state index contributed by atoms with van der Waals surface area (Å²) in [4.78, 5) is 18.5. The molecule has 0 bridgehead atoms. The number of hydrogen-bond donors (Lipinski definition) is 7. The molecule has 0 aromatic heterocycles. The van der Waals surface area contributed by atoms with Gasteiger partial charge >= 0.3 is 7.60 Å². The highest BCUT2D eigenvalue weighted by molar-refractivity contribution is 7.54. The van der Waals surface area contributed by atoms with Crippen molar-refractivity contribution >= 4 is 7.60 Å².